The van der Waals surface area contributed by atoms with Crippen LogP contribution in [-0.2, 0) is 0 Å². The van der Waals surface area contributed by atoms with Crippen LogP contribution in [0.3, 0.4) is 0 Å². The summed E-state index contributed by atoms with van der Waals surface area (Å²) in [5.41, 5.74) is 0. The van der Waals surface area contributed by atoms with Gasteiger partial charge in [-0.05, 0) is 58.4 Å². The number of carbonyl (C=O) groups is 1. The van der Waals surface area contributed by atoms with Gasteiger partial charge in [-0.3, -0.25) is 0 Å². The van der Waals surface area contributed by atoms with Gasteiger partial charge in [0.2, 0.25) is 0 Å². The number of hydrogen-bond donors (Lipinski definition) is 6. The number of carboxylic acid groups (broad SMARTS) is 1. The third-order valence-electron chi connectivity index (χ3n) is 3.01. The summed E-state index contributed by atoms with van der Waals surface area (Å²) in [6, 6.07) is 0. The highest BCUT2D eigenvalue weighted by molar-refractivity contribution is 5.64. The van der Waals surface area contributed by atoms with Crippen molar-refractivity contribution < 1.29 is 15.0 Å². The first-order valence-corrected chi connectivity index (χ1v) is 7.97. The number of amides is 1. The Balaban J connectivity index is 2.95. The summed E-state index contributed by atoms with van der Waals surface area (Å²) < 4.78 is 0. The molecule has 0 aliphatic heterocycles. The average Bonchev–Trinajstić information content (AvgIpc) is 2.46. The van der Waals surface area contributed by atoms with Crippen LogP contribution in [0.5, 0.6) is 0 Å². The lowest BCUT2D eigenvalue weighted by Gasteiger charge is -2.07. The Morgan fingerprint density at radius 1 is 0.667 bits per heavy atom. The minimum Gasteiger partial charge on any atom is -0.465 e. The van der Waals surface area contributed by atoms with E-state index in [2.05, 4.69) is 21.3 Å². The van der Waals surface area contributed by atoms with Gasteiger partial charge in [-0.25, -0.2) is 4.79 Å². The summed E-state index contributed by atoms with van der Waals surface area (Å²) in [7, 11) is 0. The Kier molecular flexibility index (Phi) is 16.4. The van der Waals surface area contributed by atoms with Crippen molar-refractivity contribution in [2.24, 2.45) is 0 Å². The maximum Gasteiger partial charge on any atom is 0.404 e. The van der Waals surface area contributed by atoms with E-state index in [4.69, 9.17) is 10.2 Å². The number of unbranched alkanes of at least 4 members (excludes halogenated alkanes) is 2. The lowest BCUT2D eigenvalue weighted by molar-refractivity contribution is 0.194. The molecule has 7 nitrogen and oxygen atoms in total. The average molecular weight is 304 g/mol. The molecule has 0 radical (unpaired) electrons. The molecule has 126 valence electrons. The van der Waals surface area contributed by atoms with Crippen molar-refractivity contribution in [2.45, 2.75) is 32.1 Å². The Bertz CT molecular complexity index is 230. The molecule has 0 spiro atoms. The lowest BCUT2D eigenvalue weighted by atomic mass is 10.2. The molecule has 0 aromatic rings. The van der Waals surface area contributed by atoms with E-state index in [0.717, 1.165) is 52.0 Å². The molecular weight excluding hydrogens is 272 g/mol. The summed E-state index contributed by atoms with van der Waals surface area (Å²) in [5, 5.41) is 29.2. The van der Waals surface area contributed by atoms with E-state index in [1.807, 2.05) is 0 Å². The predicted octanol–water partition coefficient (Wildman–Crippen LogP) is -0.0344. The van der Waals surface area contributed by atoms with Gasteiger partial charge in [0.15, 0.2) is 0 Å². The Morgan fingerprint density at radius 2 is 1.14 bits per heavy atom. The van der Waals surface area contributed by atoms with Crippen LogP contribution in [0, 0.1) is 0 Å². The first-order chi connectivity index (χ1) is 10.3. The zero-order valence-electron chi connectivity index (χ0n) is 13.0. The highest BCUT2D eigenvalue weighted by Gasteiger charge is 1.94. The first kappa shape index (κ1) is 20.1. The number of aliphatic hydroxyl groups excluding tert-OH is 1. The van der Waals surface area contributed by atoms with E-state index in [9.17, 15) is 4.79 Å². The Morgan fingerprint density at radius 3 is 1.67 bits per heavy atom. The molecule has 0 rings (SSSR count). The highest BCUT2D eigenvalue weighted by atomic mass is 16.4. The maximum atomic E-state index is 10.2. The molecule has 7 heteroatoms. The van der Waals surface area contributed by atoms with Crippen molar-refractivity contribution in [1.29, 1.82) is 0 Å². The van der Waals surface area contributed by atoms with Crippen LogP contribution in [0.4, 0.5) is 4.79 Å². The van der Waals surface area contributed by atoms with Gasteiger partial charge >= 0.3 is 6.09 Å². The molecule has 0 unspecified atom stereocenters. The van der Waals surface area contributed by atoms with Crippen LogP contribution in [0.1, 0.15) is 32.1 Å². The molecule has 1 amide bonds. The van der Waals surface area contributed by atoms with Gasteiger partial charge in [0.25, 0.3) is 0 Å². The topological polar surface area (TPSA) is 106 Å². The summed E-state index contributed by atoms with van der Waals surface area (Å²) in [6.07, 6.45) is 4.51. The third kappa shape index (κ3) is 19.1. The second-order valence-corrected chi connectivity index (χ2v) is 4.97. The molecule has 0 aromatic heterocycles. The van der Waals surface area contributed by atoms with Gasteiger partial charge in [-0.2, -0.15) is 0 Å². The summed E-state index contributed by atoms with van der Waals surface area (Å²) in [6.45, 7) is 6.29. The number of nitrogens with one attached hydrogen (secondary N) is 4. The molecule has 0 saturated carbocycles. The number of hydrogen-bond acceptors (Lipinski definition) is 5. The summed E-state index contributed by atoms with van der Waals surface area (Å²) in [4.78, 5) is 10.2. The molecule has 0 aliphatic carbocycles. The predicted molar refractivity (Wildman–Crippen MR) is 84.8 cm³/mol. The molecule has 0 atom stereocenters. The molecule has 0 aliphatic rings. The second kappa shape index (κ2) is 17.2. The molecule has 6 N–H and O–H groups in total. The normalized spacial score (nSPS) is 10.7. The van der Waals surface area contributed by atoms with Crippen molar-refractivity contribution in [1.82, 2.24) is 21.3 Å². The highest BCUT2D eigenvalue weighted by Crippen LogP contribution is 1.92. The molecular formula is C14H32N4O3. The van der Waals surface area contributed by atoms with Crippen molar-refractivity contribution in [2.75, 3.05) is 52.4 Å². The summed E-state index contributed by atoms with van der Waals surface area (Å²) >= 11 is 0. The van der Waals surface area contributed by atoms with Crippen LogP contribution in [-0.4, -0.2) is 68.7 Å². The van der Waals surface area contributed by atoms with E-state index < -0.39 is 6.09 Å². The quantitative estimate of drug-likeness (QED) is 0.224. The van der Waals surface area contributed by atoms with E-state index in [-0.39, 0.29) is 6.61 Å². The fourth-order valence-corrected chi connectivity index (χ4v) is 1.88. The smallest absolute Gasteiger partial charge is 0.404 e. The van der Waals surface area contributed by atoms with Crippen molar-refractivity contribution in [3.05, 3.63) is 0 Å². The standard InChI is InChI=1S/C14H32N4O3/c19-13-12-17-7-3-1-2-6-15-8-4-9-16-10-5-11-18-14(20)21/h15-19H,1-13H2,(H,20,21). The molecule has 0 heterocycles. The molecule has 21 heavy (non-hydrogen) atoms. The molecule has 0 aromatic carbocycles. The second-order valence-electron chi connectivity index (χ2n) is 4.97. The van der Waals surface area contributed by atoms with Crippen molar-refractivity contribution >= 4 is 6.09 Å². The molecule has 0 saturated heterocycles. The number of aliphatic hydroxyl groups is 1. The minimum atomic E-state index is -0.955. The van der Waals surface area contributed by atoms with Crippen LogP contribution >= 0.6 is 0 Å². The lowest BCUT2D eigenvalue weighted by Crippen LogP contribution is -2.27. The summed E-state index contributed by atoms with van der Waals surface area (Å²) in [5.74, 6) is 0. The van der Waals surface area contributed by atoms with Gasteiger partial charge in [-0.1, -0.05) is 6.42 Å². The number of rotatable bonds is 16. The van der Waals surface area contributed by atoms with Crippen molar-refractivity contribution in [3.8, 4) is 0 Å². The van der Waals surface area contributed by atoms with Gasteiger partial charge in [-0.15, -0.1) is 0 Å². The zero-order chi connectivity index (χ0) is 15.6. The monoisotopic (exact) mass is 304 g/mol. The van der Waals surface area contributed by atoms with E-state index >= 15 is 0 Å². The fraction of sp³-hybridized carbons (Fsp3) is 0.929. The van der Waals surface area contributed by atoms with Gasteiger partial charge in [0.05, 0.1) is 6.61 Å². The van der Waals surface area contributed by atoms with Crippen LogP contribution < -0.4 is 21.3 Å². The van der Waals surface area contributed by atoms with E-state index in [1.165, 1.54) is 12.8 Å². The van der Waals surface area contributed by atoms with Gasteiger partial charge in [0.1, 0.15) is 0 Å². The van der Waals surface area contributed by atoms with Crippen LogP contribution in [0.25, 0.3) is 0 Å². The van der Waals surface area contributed by atoms with E-state index in [1.54, 1.807) is 0 Å². The Labute approximate surface area is 127 Å². The molecule has 0 fully saturated rings. The first-order valence-electron chi connectivity index (χ1n) is 7.97. The van der Waals surface area contributed by atoms with Crippen molar-refractivity contribution in [3.63, 3.8) is 0 Å². The fourth-order valence-electron chi connectivity index (χ4n) is 1.88. The maximum absolute atomic E-state index is 10.2. The molecule has 0 bridgehead atoms. The SMILES string of the molecule is O=C(O)NCCCNCCCNCCCCCNCCO. The third-order valence-corrected chi connectivity index (χ3v) is 3.01. The van der Waals surface area contributed by atoms with E-state index in [0.29, 0.717) is 13.1 Å². The Hall–Kier alpha value is -0.890. The van der Waals surface area contributed by atoms with Gasteiger partial charge < -0.3 is 31.5 Å². The van der Waals surface area contributed by atoms with Crippen LogP contribution in [0.2, 0.25) is 0 Å². The van der Waals surface area contributed by atoms with Gasteiger partial charge in [0, 0.05) is 13.1 Å². The zero-order valence-corrected chi connectivity index (χ0v) is 13.0. The van der Waals surface area contributed by atoms with Crippen LogP contribution in [0.15, 0.2) is 0 Å². The largest absolute Gasteiger partial charge is 0.465 e. The minimum absolute atomic E-state index is 0.214.